The van der Waals surface area contributed by atoms with Crippen molar-refractivity contribution < 1.29 is 9.90 Å². The minimum absolute atomic E-state index is 0.158. The number of carboxylic acid groups (broad SMARTS) is 1. The lowest BCUT2D eigenvalue weighted by Crippen LogP contribution is -2.34. The second-order valence-electron chi connectivity index (χ2n) is 5.26. The van der Waals surface area contributed by atoms with Gasteiger partial charge in [0.05, 0.1) is 5.92 Å². The molecule has 0 bridgehead atoms. The molecule has 1 aromatic heterocycles. The molecule has 3 N–H and O–H groups in total. The average Bonchev–Trinajstić information content (AvgIpc) is 2.63. The normalized spacial score (nSPS) is 23.1. The lowest BCUT2D eigenvalue weighted by atomic mass is 9.95. The predicted octanol–water partition coefficient (Wildman–Crippen LogP) is 1.78. The van der Waals surface area contributed by atoms with Gasteiger partial charge in [-0.25, -0.2) is 4.98 Å². The average molecular weight is 279 g/mol. The Morgan fingerprint density at radius 3 is 2.90 bits per heavy atom. The third-order valence-corrected chi connectivity index (χ3v) is 3.79. The van der Waals surface area contributed by atoms with Crippen LogP contribution in [0.1, 0.15) is 44.9 Å². The molecule has 1 aliphatic rings. The number of anilines is 1. The summed E-state index contributed by atoms with van der Waals surface area (Å²) in [6.45, 7) is 1.91. The molecule has 20 heavy (non-hydrogen) atoms. The van der Waals surface area contributed by atoms with Crippen LogP contribution < -0.4 is 10.9 Å². The summed E-state index contributed by atoms with van der Waals surface area (Å²) in [5.41, 5.74) is -0.208. The zero-order valence-electron chi connectivity index (χ0n) is 11.7. The van der Waals surface area contributed by atoms with Crippen molar-refractivity contribution >= 4 is 11.8 Å². The number of rotatable bonds is 4. The summed E-state index contributed by atoms with van der Waals surface area (Å²) in [6.07, 6.45) is 5.12. The van der Waals surface area contributed by atoms with E-state index in [1.807, 2.05) is 6.92 Å². The summed E-state index contributed by atoms with van der Waals surface area (Å²) in [5, 5.41) is 12.5. The monoisotopic (exact) mass is 279 g/mol. The Morgan fingerprint density at radius 2 is 2.20 bits per heavy atom. The first kappa shape index (κ1) is 14.6. The van der Waals surface area contributed by atoms with Crippen LogP contribution in [0.15, 0.2) is 10.9 Å². The Morgan fingerprint density at radius 1 is 1.45 bits per heavy atom. The Hall–Kier alpha value is -1.85. The third-order valence-electron chi connectivity index (χ3n) is 3.79. The number of nitrogens with zero attached hydrogens (tertiary/aromatic N) is 1. The molecule has 6 nitrogen and oxygen atoms in total. The second-order valence-corrected chi connectivity index (χ2v) is 5.26. The fraction of sp³-hybridized carbons (Fsp3) is 0.643. The maximum atomic E-state index is 11.5. The molecule has 1 saturated carbocycles. The number of aryl methyl sites for hydroxylation is 1. The van der Waals surface area contributed by atoms with Crippen LogP contribution in [0.25, 0.3) is 0 Å². The van der Waals surface area contributed by atoms with Gasteiger partial charge < -0.3 is 15.4 Å². The van der Waals surface area contributed by atoms with Crippen LogP contribution in [-0.2, 0) is 11.2 Å². The van der Waals surface area contributed by atoms with Gasteiger partial charge in [0.15, 0.2) is 0 Å². The standard InChI is InChI=1S/C14H21N3O3/c1-2-11-16-12(8-13(18)17-11)15-10-7-5-3-4-6-9(10)14(19)20/h8-10H,2-7H2,1H3,(H,19,20)(H2,15,16,17,18). The van der Waals surface area contributed by atoms with Crippen molar-refractivity contribution in [3.63, 3.8) is 0 Å². The van der Waals surface area contributed by atoms with Crippen LogP contribution >= 0.6 is 0 Å². The number of carboxylic acids is 1. The maximum absolute atomic E-state index is 11.5. The van der Waals surface area contributed by atoms with Crippen LogP contribution in [0.2, 0.25) is 0 Å². The summed E-state index contributed by atoms with van der Waals surface area (Å²) in [4.78, 5) is 29.9. The molecule has 0 amide bonds. The van der Waals surface area contributed by atoms with E-state index in [2.05, 4.69) is 15.3 Å². The Bertz CT molecular complexity index is 527. The van der Waals surface area contributed by atoms with E-state index < -0.39 is 11.9 Å². The molecule has 0 saturated heterocycles. The summed E-state index contributed by atoms with van der Waals surface area (Å²) in [6, 6.07) is 1.23. The van der Waals surface area contributed by atoms with E-state index >= 15 is 0 Å². The summed E-state index contributed by atoms with van der Waals surface area (Å²) in [7, 11) is 0. The van der Waals surface area contributed by atoms with Gasteiger partial charge in [-0.2, -0.15) is 0 Å². The van der Waals surface area contributed by atoms with Gasteiger partial charge in [0.25, 0.3) is 5.56 Å². The molecule has 1 aliphatic carbocycles. The van der Waals surface area contributed by atoms with Crippen LogP contribution in [0.3, 0.4) is 0 Å². The van der Waals surface area contributed by atoms with E-state index in [0.717, 1.165) is 25.7 Å². The molecule has 110 valence electrons. The van der Waals surface area contributed by atoms with Crippen LogP contribution in [-0.4, -0.2) is 27.1 Å². The van der Waals surface area contributed by atoms with E-state index in [1.54, 1.807) is 0 Å². The van der Waals surface area contributed by atoms with Gasteiger partial charge in [-0.3, -0.25) is 9.59 Å². The number of aromatic nitrogens is 2. The number of carbonyl (C=O) groups is 1. The maximum Gasteiger partial charge on any atom is 0.308 e. The van der Waals surface area contributed by atoms with Crippen molar-refractivity contribution in [2.24, 2.45) is 5.92 Å². The Balaban J connectivity index is 2.19. The quantitative estimate of drug-likeness (QED) is 0.730. The number of aliphatic carboxylic acids is 1. The van der Waals surface area contributed by atoms with Crippen molar-refractivity contribution in [2.75, 3.05) is 5.32 Å². The van der Waals surface area contributed by atoms with E-state index in [0.29, 0.717) is 24.5 Å². The zero-order valence-corrected chi connectivity index (χ0v) is 11.7. The second kappa shape index (κ2) is 6.54. The van der Waals surface area contributed by atoms with Crippen LogP contribution in [0.4, 0.5) is 5.82 Å². The van der Waals surface area contributed by atoms with Crippen molar-refractivity contribution in [1.29, 1.82) is 0 Å². The molecule has 6 heteroatoms. The van der Waals surface area contributed by atoms with Gasteiger partial charge in [-0.15, -0.1) is 0 Å². The Labute approximate surface area is 117 Å². The van der Waals surface area contributed by atoms with Gasteiger partial charge in [-0.1, -0.05) is 26.2 Å². The molecular formula is C14H21N3O3. The van der Waals surface area contributed by atoms with E-state index in [1.165, 1.54) is 6.07 Å². The smallest absolute Gasteiger partial charge is 0.308 e. The third kappa shape index (κ3) is 3.59. The minimum Gasteiger partial charge on any atom is -0.481 e. The lowest BCUT2D eigenvalue weighted by molar-refractivity contribution is -0.142. The molecule has 1 aromatic rings. The number of hydrogen-bond donors (Lipinski definition) is 3. The number of aromatic amines is 1. The van der Waals surface area contributed by atoms with Crippen molar-refractivity contribution in [2.45, 2.75) is 51.5 Å². The first-order valence-corrected chi connectivity index (χ1v) is 7.19. The predicted molar refractivity (Wildman–Crippen MR) is 75.9 cm³/mol. The SMILES string of the molecule is CCc1nc(NC2CCCCCC2C(=O)O)cc(=O)[nH]1. The van der Waals surface area contributed by atoms with Gasteiger partial charge >= 0.3 is 5.97 Å². The largest absolute Gasteiger partial charge is 0.481 e. The van der Waals surface area contributed by atoms with Gasteiger partial charge in [0.1, 0.15) is 11.6 Å². The van der Waals surface area contributed by atoms with Gasteiger partial charge in [0, 0.05) is 18.5 Å². The first-order chi connectivity index (χ1) is 9.60. The summed E-state index contributed by atoms with van der Waals surface area (Å²) >= 11 is 0. The molecule has 1 heterocycles. The molecule has 0 aromatic carbocycles. The van der Waals surface area contributed by atoms with Gasteiger partial charge in [-0.05, 0) is 12.8 Å². The van der Waals surface area contributed by atoms with Gasteiger partial charge in [0.2, 0.25) is 0 Å². The molecule has 2 atom stereocenters. The molecule has 0 aliphatic heterocycles. The molecule has 0 spiro atoms. The summed E-state index contributed by atoms with van der Waals surface area (Å²) in [5.74, 6) is -0.0992. The number of H-pyrrole nitrogens is 1. The molecule has 1 fully saturated rings. The van der Waals surface area contributed by atoms with Crippen molar-refractivity contribution in [3.8, 4) is 0 Å². The van der Waals surface area contributed by atoms with E-state index in [9.17, 15) is 14.7 Å². The van der Waals surface area contributed by atoms with E-state index in [4.69, 9.17) is 0 Å². The highest BCUT2D eigenvalue weighted by molar-refractivity contribution is 5.71. The van der Waals surface area contributed by atoms with Crippen LogP contribution in [0, 0.1) is 5.92 Å². The zero-order chi connectivity index (χ0) is 14.5. The molecular weight excluding hydrogens is 258 g/mol. The molecule has 2 rings (SSSR count). The first-order valence-electron chi connectivity index (χ1n) is 7.19. The molecule has 2 unspecified atom stereocenters. The highest BCUT2D eigenvalue weighted by atomic mass is 16.4. The number of nitrogens with one attached hydrogen (secondary N) is 2. The fourth-order valence-electron chi connectivity index (χ4n) is 2.72. The van der Waals surface area contributed by atoms with E-state index in [-0.39, 0.29) is 11.6 Å². The highest BCUT2D eigenvalue weighted by Gasteiger charge is 2.29. The lowest BCUT2D eigenvalue weighted by Gasteiger charge is -2.23. The highest BCUT2D eigenvalue weighted by Crippen LogP contribution is 2.26. The summed E-state index contributed by atoms with van der Waals surface area (Å²) < 4.78 is 0. The van der Waals surface area contributed by atoms with Crippen molar-refractivity contribution in [3.05, 3.63) is 22.2 Å². The fourth-order valence-corrected chi connectivity index (χ4v) is 2.72. The Kier molecular flexibility index (Phi) is 4.76. The number of hydrogen-bond acceptors (Lipinski definition) is 4. The minimum atomic E-state index is -0.773. The topological polar surface area (TPSA) is 95.1 Å². The van der Waals surface area contributed by atoms with Crippen LogP contribution in [0.5, 0.6) is 0 Å². The van der Waals surface area contributed by atoms with Crippen molar-refractivity contribution in [1.82, 2.24) is 9.97 Å². The molecule has 0 radical (unpaired) electrons.